The molecule has 0 atom stereocenters. The zero-order valence-corrected chi connectivity index (χ0v) is 10.4. The summed E-state index contributed by atoms with van der Waals surface area (Å²) in [7, 11) is 0. The summed E-state index contributed by atoms with van der Waals surface area (Å²) in [6.07, 6.45) is 4.08. The maximum Gasteiger partial charge on any atom is 0.221 e. The predicted octanol–water partition coefficient (Wildman–Crippen LogP) is 3.94. The fourth-order valence-corrected chi connectivity index (χ4v) is 2.71. The molecule has 0 aliphatic carbocycles. The minimum absolute atomic E-state index is 0.0341. The van der Waals surface area contributed by atoms with Crippen LogP contribution in [0.1, 0.15) is 17.4 Å². The first kappa shape index (κ1) is 11.1. The summed E-state index contributed by atoms with van der Waals surface area (Å²) in [6.45, 7) is 1.52. The maximum atomic E-state index is 11.0. The van der Waals surface area contributed by atoms with Gasteiger partial charge in [0.1, 0.15) is 5.00 Å². The zero-order chi connectivity index (χ0) is 11.4. The van der Waals surface area contributed by atoms with E-state index in [2.05, 4.69) is 17.5 Å². The number of carbonyl (C=O) groups excluding carboxylic acids is 1. The number of rotatable bonds is 3. The van der Waals surface area contributed by atoms with Crippen LogP contribution in [0.15, 0.2) is 29.0 Å². The molecule has 0 radical (unpaired) electrons. The maximum absolute atomic E-state index is 11.0. The van der Waals surface area contributed by atoms with Gasteiger partial charge < -0.3 is 5.32 Å². The molecule has 2 rings (SSSR count). The molecule has 2 nitrogen and oxygen atoms in total. The van der Waals surface area contributed by atoms with E-state index in [1.165, 1.54) is 23.1 Å². The number of amides is 1. The second-order valence-corrected chi connectivity index (χ2v) is 5.13. The van der Waals surface area contributed by atoms with Gasteiger partial charge in [0.15, 0.2) is 0 Å². The molecule has 16 heavy (non-hydrogen) atoms. The summed E-state index contributed by atoms with van der Waals surface area (Å²) in [5.74, 6) is -0.0341. The second kappa shape index (κ2) is 5.09. The Kier molecular flexibility index (Phi) is 3.54. The van der Waals surface area contributed by atoms with Crippen LogP contribution in [0.5, 0.6) is 0 Å². The molecule has 0 aromatic carbocycles. The molecule has 0 aliphatic heterocycles. The molecule has 4 heteroatoms. The van der Waals surface area contributed by atoms with Crippen LogP contribution in [0, 0.1) is 0 Å². The van der Waals surface area contributed by atoms with Crippen LogP contribution in [0.2, 0.25) is 0 Å². The van der Waals surface area contributed by atoms with Crippen LogP contribution < -0.4 is 5.32 Å². The van der Waals surface area contributed by atoms with Gasteiger partial charge in [-0.1, -0.05) is 12.1 Å². The highest BCUT2D eigenvalue weighted by molar-refractivity contribution is 7.14. The number of nitrogens with one attached hydrogen (secondary N) is 1. The molecule has 0 saturated carbocycles. The highest BCUT2D eigenvalue weighted by atomic mass is 32.1. The Bertz CT molecular complexity index is 497. The third-order valence-electron chi connectivity index (χ3n) is 1.96. The van der Waals surface area contributed by atoms with Crippen molar-refractivity contribution >= 4 is 45.7 Å². The molecular formula is C12H11NOS2. The molecule has 1 N–H and O–H groups in total. The van der Waals surface area contributed by atoms with Crippen LogP contribution in [0.4, 0.5) is 5.00 Å². The van der Waals surface area contributed by atoms with Crippen molar-refractivity contribution in [1.29, 1.82) is 0 Å². The van der Waals surface area contributed by atoms with Gasteiger partial charge in [-0.05, 0) is 29.0 Å². The van der Waals surface area contributed by atoms with E-state index < -0.39 is 0 Å². The second-order valence-electron chi connectivity index (χ2n) is 3.24. The molecule has 0 saturated heterocycles. The van der Waals surface area contributed by atoms with E-state index in [0.29, 0.717) is 0 Å². The van der Waals surface area contributed by atoms with E-state index in [0.717, 1.165) is 10.6 Å². The van der Waals surface area contributed by atoms with Crippen LogP contribution in [0.3, 0.4) is 0 Å². The fraction of sp³-hybridized carbons (Fsp3) is 0.0833. The average Bonchev–Trinajstić information content (AvgIpc) is 2.84. The topological polar surface area (TPSA) is 29.1 Å². The van der Waals surface area contributed by atoms with Gasteiger partial charge in [-0.25, -0.2) is 0 Å². The van der Waals surface area contributed by atoms with Crippen molar-refractivity contribution in [2.45, 2.75) is 6.92 Å². The largest absolute Gasteiger partial charge is 0.317 e. The number of hydrogen-bond acceptors (Lipinski definition) is 3. The normalized spacial score (nSPS) is 10.8. The lowest BCUT2D eigenvalue weighted by Gasteiger charge is -1.98. The van der Waals surface area contributed by atoms with E-state index in [4.69, 9.17) is 0 Å². The molecule has 2 aromatic heterocycles. The lowest BCUT2D eigenvalue weighted by atomic mass is 10.2. The van der Waals surface area contributed by atoms with Crippen LogP contribution in [0.25, 0.3) is 12.2 Å². The summed E-state index contributed by atoms with van der Waals surface area (Å²) in [4.78, 5) is 12.2. The molecule has 2 heterocycles. The SMILES string of the molecule is CC(=O)Nc1sccc1/C=C\c1cccs1. The van der Waals surface area contributed by atoms with Crippen molar-refractivity contribution in [2.75, 3.05) is 5.32 Å². The van der Waals surface area contributed by atoms with Crippen LogP contribution >= 0.6 is 22.7 Å². The van der Waals surface area contributed by atoms with Crippen molar-refractivity contribution in [1.82, 2.24) is 0 Å². The van der Waals surface area contributed by atoms with E-state index in [1.807, 2.05) is 29.0 Å². The standard InChI is InChI=1S/C12H11NOS2/c1-9(14)13-12-10(6-8-16-12)4-5-11-3-2-7-15-11/h2-8H,1H3,(H,13,14)/b5-4-. The third kappa shape index (κ3) is 2.81. The van der Waals surface area contributed by atoms with Crippen LogP contribution in [-0.4, -0.2) is 5.91 Å². The van der Waals surface area contributed by atoms with Crippen molar-refractivity contribution in [2.24, 2.45) is 0 Å². The minimum atomic E-state index is -0.0341. The van der Waals surface area contributed by atoms with E-state index in [1.54, 1.807) is 11.3 Å². The Morgan fingerprint density at radius 2 is 2.12 bits per heavy atom. The fourth-order valence-electron chi connectivity index (χ4n) is 1.27. The van der Waals surface area contributed by atoms with E-state index in [9.17, 15) is 4.79 Å². The van der Waals surface area contributed by atoms with Gasteiger partial charge in [-0.3, -0.25) is 4.79 Å². The molecule has 82 valence electrons. The summed E-state index contributed by atoms with van der Waals surface area (Å²) in [5.41, 5.74) is 1.05. The Morgan fingerprint density at radius 3 is 2.81 bits per heavy atom. The summed E-state index contributed by atoms with van der Waals surface area (Å²) >= 11 is 3.23. The predicted molar refractivity (Wildman–Crippen MR) is 71.9 cm³/mol. The summed E-state index contributed by atoms with van der Waals surface area (Å²) in [6, 6.07) is 6.08. The molecule has 1 amide bonds. The lowest BCUT2D eigenvalue weighted by Crippen LogP contribution is -2.04. The molecule has 2 aromatic rings. The van der Waals surface area contributed by atoms with Gasteiger partial charge in [-0.2, -0.15) is 0 Å². The highest BCUT2D eigenvalue weighted by Crippen LogP contribution is 2.25. The molecule has 0 spiro atoms. The average molecular weight is 249 g/mol. The monoisotopic (exact) mass is 249 g/mol. The zero-order valence-electron chi connectivity index (χ0n) is 8.77. The van der Waals surface area contributed by atoms with Crippen molar-refractivity contribution in [3.63, 3.8) is 0 Å². The summed E-state index contributed by atoms with van der Waals surface area (Å²) in [5, 5.41) is 7.73. The van der Waals surface area contributed by atoms with Gasteiger partial charge in [0.25, 0.3) is 0 Å². The van der Waals surface area contributed by atoms with Gasteiger partial charge >= 0.3 is 0 Å². The van der Waals surface area contributed by atoms with Crippen LogP contribution in [-0.2, 0) is 4.79 Å². The highest BCUT2D eigenvalue weighted by Gasteiger charge is 2.02. The molecular weight excluding hydrogens is 238 g/mol. The first-order chi connectivity index (χ1) is 7.75. The number of thiophene rings is 2. The van der Waals surface area contributed by atoms with Gasteiger partial charge in [0.2, 0.25) is 5.91 Å². The molecule has 0 fully saturated rings. The Morgan fingerprint density at radius 1 is 1.25 bits per heavy atom. The first-order valence-electron chi connectivity index (χ1n) is 4.82. The van der Waals surface area contributed by atoms with E-state index >= 15 is 0 Å². The Hall–Kier alpha value is -1.39. The minimum Gasteiger partial charge on any atom is -0.317 e. The quantitative estimate of drug-likeness (QED) is 0.877. The molecule has 0 aliphatic rings. The Labute approximate surface area is 102 Å². The third-order valence-corrected chi connectivity index (χ3v) is 3.64. The smallest absolute Gasteiger partial charge is 0.221 e. The number of carbonyl (C=O) groups is 1. The number of anilines is 1. The number of hydrogen-bond donors (Lipinski definition) is 1. The Balaban J connectivity index is 2.15. The van der Waals surface area contributed by atoms with Crippen molar-refractivity contribution in [3.8, 4) is 0 Å². The van der Waals surface area contributed by atoms with Gasteiger partial charge in [0, 0.05) is 17.4 Å². The van der Waals surface area contributed by atoms with Gasteiger partial charge in [0.05, 0.1) is 0 Å². The summed E-state index contributed by atoms with van der Waals surface area (Å²) < 4.78 is 0. The first-order valence-corrected chi connectivity index (χ1v) is 6.58. The van der Waals surface area contributed by atoms with E-state index in [-0.39, 0.29) is 5.91 Å². The molecule has 0 unspecified atom stereocenters. The van der Waals surface area contributed by atoms with Crippen molar-refractivity contribution in [3.05, 3.63) is 39.4 Å². The van der Waals surface area contributed by atoms with Crippen molar-refractivity contribution < 1.29 is 4.79 Å². The van der Waals surface area contributed by atoms with Gasteiger partial charge in [-0.15, -0.1) is 22.7 Å². The molecule has 0 bridgehead atoms. The lowest BCUT2D eigenvalue weighted by molar-refractivity contribution is -0.114.